The highest BCUT2D eigenvalue weighted by atomic mass is 16.1. The van der Waals surface area contributed by atoms with Crippen molar-refractivity contribution in [2.24, 2.45) is 5.73 Å². The van der Waals surface area contributed by atoms with E-state index in [1.54, 1.807) is 0 Å². The van der Waals surface area contributed by atoms with Crippen molar-refractivity contribution in [3.63, 3.8) is 0 Å². The summed E-state index contributed by atoms with van der Waals surface area (Å²) >= 11 is 0. The lowest BCUT2D eigenvalue weighted by Crippen LogP contribution is -2.44. The van der Waals surface area contributed by atoms with Crippen LogP contribution in [0.5, 0.6) is 0 Å². The summed E-state index contributed by atoms with van der Waals surface area (Å²) < 4.78 is 0. The van der Waals surface area contributed by atoms with Crippen molar-refractivity contribution in [2.45, 2.75) is 44.6 Å². The van der Waals surface area contributed by atoms with Gasteiger partial charge in [-0.1, -0.05) is 0 Å². The van der Waals surface area contributed by atoms with Crippen LogP contribution < -0.4 is 16.2 Å². The van der Waals surface area contributed by atoms with Gasteiger partial charge in [0.15, 0.2) is 0 Å². The minimum absolute atomic E-state index is 0.0499. The largest absolute Gasteiger partial charge is 0.341 e. The van der Waals surface area contributed by atoms with Gasteiger partial charge in [0.05, 0.1) is 5.69 Å². The Morgan fingerprint density at radius 1 is 1.28 bits per heavy atom. The summed E-state index contributed by atoms with van der Waals surface area (Å²) in [5.41, 5.74) is 7.92. The molecule has 1 fully saturated rings. The van der Waals surface area contributed by atoms with Crippen LogP contribution in [0.1, 0.15) is 36.9 Å². The zero-order valence-electron chi connectivity index (χ0n) is 10.6. The highest BCUT2D eigenvalue weighted by molar-refractivity contribution is 5.35. The molecule has 18 heavy (non-hydrogen) atoms. The third-order valence-corrected chi connectivity index (χ3v) is 3.94. The van der Waals surface area contributed by atoms with Gasteiger partial charge in [0.1, 0.15) is 0 Å². The summed E-state index contributed by atoms with van der Waals surface area (Å²) in [4.78, 5) is 21.7. The smallest absolute Gasteiger partial charge is 0.255 e. The Kier molecular flexibility index (Phi) is 3.07. The van der Waals surface area contributed by atoms with E-state index < -0.39 is 0 Å². The fraction of sp³-hybridized carbons (Fsp3) is 0.692. The molecule has 2 aliphatic rings. The maximum atomic E-state index is 12.1. The summed E-state index contributed by atoms with van der Waals surface area (Å²) in [7, 11) is 0. The van der Waals surface area contributed by atoms with Gasteiger partial charge in [-0.25, -0.2) is 4.98 Å². The summed E-state index contributed by atoms with van der Waals surface area (Å²) in [6.07, 6.45) is 6.19. The molecule has 3 N–H and O–H groups in total. The third-order valence-electron chi connectivity index (χ3n) is 3.94. The molecule has 0 aromatic carbocycles. The number of hydrogen-bond acceptors (Lipinski definition) is 4. The van der Waals surface area contributed by atoms with Crippen molar-refractivity contribution in [3.05, 3.63) is 21.6 Å². The van der Waals surface area contributed by atoms with E-state index in [9.17, 15) is 4.79 Å². The summed E-state index contributed by atoms with van der Waals surface area (Å²) in [5.74, 6) is 0.718. The van der Waals surface area contributed by atoms with E-state index in [4.69, 9.17) is 5.73 Å². The van der Waals surface area contributed by atoms with Crippen molar-refractivity contribution in [1.82, 2.24) is 9.97 Å². The van der Waals surface area contributed by atoms with E-state index in [0.29, 0.717) is 0 Å². The molecule has 5 heteroatoms. The molecule has 0 saturated carbocycles. The molecular weight excluding hydrogens is 228 g/mol. The first kappa shape index (κ1) is 11.7. The van der Waals surface area contributed by atoms with Crippen LogP contribution >= 0.6 is 0 Å². The molecule has 1 unspecified atom stereocenters. The molecule has 1 aliphatic carbocycles. The van der Waals surface area contributed by atoms with Gasteiger partial charge in [-0.05, 0) is 38.5 Å². The van der Waals surface area contributed by atoms with Crippen LogP contribution in [-0.4, -0.2) is 29.1 Å². The zero-order chi connectivity index (χ0) is 12.5. The SMILES string of the molecule is NC1CCCN(c2nc3c(c(=O)[nH]2)CCCC3)C1. The van der Waals surface area contributed by atoms with Crippen LogP contribution in [0.15, 0.2) is 4.79 Å². The molecule has 0 bridgehead atoms. The number of nitrogens with two attached hydrogens (primary N) is 1. The van der Waals surface area contributed by atoms with E-state index in [2.05, 4.69) is 14.9 Å². The Morgan fingerprint density at radius 3 is 2.94 bits per heavy atom. The van der Waals surface area contributed by atoms with Crippen LogP contribution in [0.25, 0.3) is 0 Å². The maximum absolute atomic E-state index is 12.1. The molecule has 0 spiro atoms. The lowest BCUT2D eigenvalue weighted by Gasteiger charge is -2.31. The number of nitrogens with one attached hydrogen (secondary N) is 1. The van der Waals surface area contributed by atoms with Gasteiger partial charge in [-0.15, -0.1) is 0 Å². The quantitative estimate of drug-likeness (QED) is 0.762. The average molecular weight is 248 g/mol. The van der Waals surface area contributed by atoms with Crippen LogP contribution in [0.3, 0.4) is 0 Å². The Morgan fingerprint density at radius 2 is 2.11 bits per heavy atom. The van der Waals surface area contributed by atoms with Crippen LogP contribution in [0.2, 0.25) is 0 Å². The van der Waals surface area contributed by atoms with Crippen LogP contribution in [0.4, 0.5) is 5.95 Å². The Balaban J connectivity index is 1.93. The second-order valence-electron chi connectivity index (χ2n) is 5.37. The molecular formula is C13H20N4O. The van der Waals surface area contributed by atoms with Gasteiger partial charge >= 0.3 is 0 Å². The molecule has 3 rings (SSSR count). The number of aryl methyl sites for hydroxylation is 1. The predicted molar refractivity (Wildman–Crippen MR) is 70.9 cm³/mol. The van der Waals surface area contributed by atoms with Crippen molar-refractivity contribution in [2.75, 3.05) is 18.0 Å². The molecule has 1 aromatic rings. The maximum Gasteiger partial charge on any atom is 0.255 e. The number of rotatable bonds is 1. The van der Waals surface area contributed by atoms with Gasteiger partial charge in [-0.3, -0.25) is 9.78 Å². The number of nitrogens with zero attached hydrogens (tertiary/aromatic N) is 2. The Hall–Kier alpha value is -1.36. The van der Waals surface area contributed by atoms with E-state index in [-0.39, 0.29) is 11.6 Å². The molecule has 0 amide bonds. The molecule has 1 saturated heterocycles. The molecule has 1 aromatic heterocycles. The number of fused-ring (bicyclic) bond motifs is 1. The normalized spacial score (nSPS) is 23.8. The number of hydrogen-bond donors (Lipinski definition) is 2. The highest BCUT2D eigenvalue weighted by Gasteiger charge is 2.21. The number of anilines is 1. The molecule has 1 atom stereocenters. The first-order valence-electron chi connectivity index (χ1n) is 6.86. The predicted octanol–water partition coefficient (Wildman–Crippen LogP) is 0.576. The standard InChI is InChI=1S/C13H20N4O/c14-9-4-3-7-17(8-9)13-15-11-6-2-1-5-10(11)12(18)16-13/h9H,1-8,14H2,(H,15,16,18). The third kappa shape index (κ3) is 2.14. The topological polar surface area (TPSA) is 75.0 Å². The lowest BCUT2D eigenvalue weighted by molar-refractivity contribution is 0.497. The second-order valence-corrected chi connectivity index (χ2v) is 5.37. The first-order chi connectivity index (χ1) is 8.74. The van der Waals surface area contributed by atoms with Gasteiger partial charge in [-0.2, -0.15) is 0 Å². The van der Waals surface area contributed by atoms with E-state index in [1.807, 2.05) is 0 Å². The van der Waals surface area contributed by atoms with Crippen LogP contribution in [-0.2, 0) is 12.8 Å². The van der Waals surface area contributed by atoms with Crippen molar-refractivity contribution in [3.8, 4) is 0 Å². The monoisotopic (exact) mass is 248 g/mol. The number of aromatic nitrogens is 2. The lowest BCUT2D eigenvalue weighted by atomic mass is 9.97. The number of aromatic amines is 1. The summed E-state index contributed by atoms with van der Waals surface area (Å²) in [6.45, 7) is 1.73. The fourth-order valence-electron chi connectivity index (χ4n) is 2.94. The fourth-order valence-corrected chi connectivity index (χ4v) is 2.94. The molecule has 5 nitrogen and oxygen atoms in total. The highest BCUT2D eigenvalue weighted by Crippen LogP contribution is 2.19. The summed E-state index contributed by atoms with van der Waals surface area (Å²) in [5, 5.41) is 0. The Labute approximate surface area is 106 Å². The molecule has 98 valence electrons. The summed E-state index contributed by atoms with van der Waals surface area (Å²) in [6, 6.07) is 0.195. The average Bonchev–Trinajstić information content (AvgIpc) is 2.39. The molecule has 1 aliphatic heterocycles. The first-order valence-corrected chi connectivity index (χ1v) is 6.86. The van der Waals surface area contributed by atoms with Crippen LogP contribution in [0, 0.1) is 0 Å². The zero-order valence-corrected chi connectivity index (χ0v) is 10.6. The number of piperidine rings is 1. The van der Waals surface area contributed by atoms with Gasteiger partial charge in [0.2, 0.25) is 5.95 Å². The van der Waals surface area contributed by atoms with Crippen molar-refractivity contribution in [1.29, 1.82) is 0 Å². The minimum Gasteiger partial charge on any atom is -0.341 e. The van der Waals surface area contributed by atoms with Gasteiger partial charge < -0.3 is 10.6 Å². The van der Waals surface area contributed by atoms with Gasteiger partial charge in [0, 0.05) is 24.7 Å². The molecule has 2 heterocycles. The van der Waals surface area contributed by atoms with E-state index in [0.717, 1.165) is 68.8 Å². The van der Waals surface area contributed by atoms with E-state index >= 15 is 0 Å². The van der Waals surface area contributed by atoms with Crippen molar-refractivity contribution >= 4 is 5.95 Å². The second kappa shape index (κ2) is 4.72. The van der Waals surface area contributed by atoms with E-state index in [1.165, 1.54) is 0 Å². The minimum atomic E-state index is 0.0499. The number of H-pyrrole nitrogens is 1. The van der Waals surface area contributed by atoms with Gasteiger partial charge in [0.25, 0.3) is 5.56 Å². The van der Waals surface area contributed by atoms with Crippen molar-refractivity contribution < 1.29 is 0 Å². The Bertz CT molecular complexity index is 496. The molecule has 0 radical (unpaired) electrons.